The number of hydrogen-bond acceptors (Lipinski definition) is 2. The molecule has 2 nitrogen and oxygen atoms in total. The Labute approximate surface area is 94.2 Å². The van der Waals surface area contributed by atoms with Gasteiger partial charge in [-0.25, -0.2) is 0 Å². The van der Waals surface area contributed by atoms with Crippen LogP contribution in [-0.2, 0) is 0 Å². The number of nitrogens with two attached hydrogens (primary N) is 1. The van der Waals surface area contributed by atoms with E-state index in [2.05, 4.69) is 18.7 Å². The molecule has 0 aliphatic heterocycles. The predicted molar refractivity (Wildman–Crippen MR) is 64.8 cm³/mol. The maximum Gasteiger partial charge on any atom is 0.0339 e. The Hall–Kier alpha value is -0.0800. The van der Waals surface area contributed by atoms with Crippen molar-refractivity contribution in [1.82, 2.24) is 4.90 Å². The fourth-order valence-corrected chi connectivity index (χ4v) is 3.95. The molecule has 0 spiro atoms. The molecule has 0 radical (unpaired) electrons. The summed E-state index contributed by atoms with van der Waals surface area (Å²) in [6, 6.07) is 0.839. The SMILES string of the molecule is CCN(C1CCCC1)C1(CN)CC(C)C1. The van der Waals surface area contributed by atoms with Crippen LogP contribution in [0.3, 0.4) is 0 Å². The fourth-order valence-electron chi connectivity index (χ4n) is 3.95. The molecule has 0 amide bonds. The minimum absolute atomic E-state index is 0.378. The minimum Gasteiger partial charge on any atom is -0.329 e. The van der Waals surface area contributed by atoms with Gasteiger partial charge < -0.3 is 5.73 Å². The average Bonchev–Trinajstić information content (AvgIpc) is 2.68. The zero-order valence-electron chi connectivity index (χ0n) is 10.3. The van der Waals surface area contributed by atoms with Gasteiger partial charge in [0, 0.05) is 18.1 Å². The van der Waals surface area contributed by atoms with Crippen LogP contribution in [0.5, 0.6) is 0 Å². The number of likely N-dealkylation sites (N-methyl/N-ethyl adjacent to an activating group) is 1. The van der Waals surface area contributed by atoms with E-state index in [-0.39, 0.29) is 0 Å². The van der Waals surface area contributed by atoms with E-state index >= 15 is 0 Å². The monoisotopic (exact) mass is 210 g/mol. The molecule has 0 aromatic heterocycles. The molecular weight excluding hydrogens is 184 g/mol. The largest absolute Gasteiger partial charge is 0.329 e. The molecule has 0 heterocycles. The van der Waals surface area contributed by atoms with Crippen LogP contribution in [0.25, 0.3) is 0 Å². The molecule has 0 aromatic carbocycles. The maximum absolute atomic E-state index is 6.03. The second-order valence-corrected chi connectivity index (χ2v) is 5.67. The van der Waals surface area contributed by atoms with Gasteiger partial charge in [-0.15, -0.1) is 0 Å². The Morgan fingerprint density at radius 2 is 1.87 bits per heavy atom. The second-order valence-electron chi connectivity index (χ2n) is 5.67. The average molecular weight is 210 g/mol. The molecule has 0 atom stereocenters. The lowest BCUT2D eigenvalue weighted by Crippen LogP contribution is -2.63. The van der Waals surface area contributed by atoms with E-state index in [1.165, 1.54) is 45.1 Å². The maximum atomic E-state index is 6.03. The first-order chi connectivity index (χ1) is 7.22. The molecule has 2 rings (SSSR count). The van der Waals surface area contributed by atoms with Gasteiger partial charge in [-0.2, -0.15) is 0 Å². The highest BCUT2D eigenvalue weighted by atomic mass is 15.2. The fraction of sp³-hybridized carbons (Fsp3) is 1.00. The van der Waals surface area contributed by atoms with Crippen LogP contribution in [0.4, 0.5) is 0 Å². The highest BCUT2D eigenvalue weighted by Gasteiger charge is 2.47. The lowest BCUT2D eigenvalue weighted by Gasteiger charge is -2.55. The smallest absolute Gasteiger partial charge is 0.0339 e. The van der Waals surface area contributed by atoms with E-state index in [0.29, 0.717) is 5.54 Å². The summed E-state index contributed by atoms with van der Waals surface area (Å²) in [5.74, 6) is 0.893. The van der Waals surface area contributed by atoms with Crippen LogP contribution >= 0.6 is 0 Å². The van der Waals surface area contributed by atoms with Crippen LogP contribution < -0.4 is 5.73 Å². The highest BCUT2D eigenvalue weighted by Crippen LogP contribution is 2.44. The van der Waals surface area contributed by atoms with Gasteiger partial charge in [-0.1, -0.05) is 26.7 Å². The Bertz CT molecular complexity index is 203. The summed E-state index contributed by atoms with van der Waals surface area (Å²) < 4.78 is 0. The summed E-state index contributed by atoms with van der Waals surface area (Å²) in [6.45, 7) is 6.71. The molecule has 15 heavy (non-hydrogen) atoms. The summed E-state index contributed by atoms with van der Waals surface area (Å²) in [4.78, 5) is 2.74. The van der Waals surface area contributed by atoms with Crippen molar-refractivity contribution in [3.8, 4) is 0 Å². The quantitative estimate of drug-likeness (QED) is 0.772. The van der Waals surface area contributed by atoms with Gasteiger partial charge in [0.1, 0.15) is 0 Å². The number of rotatable bonds is 4. The normalized spacial score (nSPS) is 37.2. The Balaban J connectivity index is 2.03. The summed E-state index contributed by atoms with van der Waals surface area (Å²) in [5, 5.41) is 0. The van der Waals surface area contributed by atoms with Crippen molar-refractivity contribution >= 4 is 0 Å². The van der Waals surface area contributed by atoms with Gasteiger partial charge in [-0.3, -0.25) is 4.90 Å². The zero-order chi connectivity index (χ0) is 10.9. The van der Waals surface area contributed by atoms with Crippen LogP contribution in [0.15, 0.2) is 0 Å². The first-order valence-electron chi connectivity index (χ1n) is 6.68. The third-order valence-corrected chi connectivity index (χ3v) is 4.55. The van der Waals surface area contributed by atoms with Crippen LogP contribution in [0, 0.1) is 5.92 Å². The summed E-state index contributed by atoms with van der Waals surface area (Å²) in [5.41, 5.74) is 6.41. The predicted octanol–water partition coefficient (Wildman–Crippen LogP) is 2.38. The molecule has 2 aliphatic carbocycles. The van der Waals surface area contributed by atoms with Crippen molar-refractivity contribution in [3.05, 3.63) is 0 Å². The van der Waals surface area contributed by atoms with Crippen molar-refractivity contribution < 1.29 is 0 Å². The standard InChI is InChI=1S/C13H26N2/c1-3-15(12-6-4-5-7-12)13(10-14)8-11(2)9-13/h11-12H,3-10,14H2,1-2H3. The molecule has 2 fully saturated rings. The van der Waals surface area contributed by atoms with Gasteiger partial charge in [-0.05, 0) is 38.1 Å². The van der Waals surface area contributed by atoms with E-state index in [4.69, 9.17) is 5.73 Å². The molecule has 2 aliphatic rings. The van der Waals surface area contributed by atoms with Crippen LogP contribution in [-0.4, -0.2) is 29.6 Å². The molecule has 88 valence electrons. The summed E-state index contributed by atoms with van der Waals surface area (Å²) >= 11 is 0. The van der Waals surface area contributed by atoms with E-state index in [9.17, 15) is 0 Å². The Morgan fingerprint density at radius 3 is 2.27 bits per heavy atom. The third kappa shape index (κ3) is 1.94. The van der Waals surface area contributed by atoms with E-state index in [1.54, 1.807) is 0 Å². The topological polar surface area (TPSA) is 29.3 Å². The molecule has 0 bridgehead atoms. The first kappa shape index (κ1) is 11.4. The second kappa shape index (κ2) is 4.42. The molecular formula is C13H26N2. The van der Waals surface area contributed by atoms with Gasteiger partial charge in [0.15, 0.2) is 0 Å². The lowest BCUT2D eigenvalue weighted by molar-refractivity contribution is -0.0362. The lowest BCUT2D eigenvalue weighted by atomic mass is 9.67. The van der Waals surface area contributed by atoms with Gasteiger partial charge in [0.2, 0.25) is 0 Å². The van der Waals surface area contributed by atoms with Crippen molar-refractivity contribution in [2.24, 2.45) is 11.7 Å². The molecule has 0 saturated heterocycles. The van der Waals surface area contributed by atoms with Crippen molar-refractivity contribution in [3.63, 3.8) is 0 Å². The summed E-state index contributed by atoms with van der Waals surface area (Å²) in [7, 11) is 0. The Morgan fingerprint density at radius 1 is 1.27 bits per heavy atom. The minimum atomic E-state index is 0.378. The number of hydrogen-bond donors (Lipinski definition) is 1. The highest BCUT2D eigenvalue weighted by molar-refractivity contribution is 5.04. The molecule has 2 saturated carbocycles. The van der Waals surface area contributed by atoms with Crippen molar-refractivity contribution in [1.29, 1.82) is 0 Å². The summed E-state index contributed by atoms with van der Waals surface area (Å²) in [6.07, 6.45) is 8.32. The molecule has 0 unspecified atom stereocenters. The molecule has 2 N–H and O–H groups in total. The van der Waals surface area contributed by atoms with E-state index < -0.39 is 0 Å². The van der Waals surface area contributed by atoms with Gasteiger partial charge in [0.25, 0.3) is 0 Å². The van der Waals surface area contributed by atoms with Gasteiger partial charge in [0.05, 0.1) is 0 Å². The van der Waals surface area contributed by atoms with Gasteiger partial charge >= 0.3 is 0 Å². The Kier molecular flexibility index (Phi) is 3.36. The van der Waals surface area contributed by atoms with Crippen molar-refractivity contribution in [2.45, 2.75) is 64.0 Å². The first-order valence-corrected chi connectivity index (χ1v) is 6.68. The van der Waals surface area contributed by atoms with Crippen molar-refractivity contribution in [2.75, 3.05) is 13.1 Å². The third-order valence-electron chi connectivity index (χ3n) is 4.55. The number of nitrogens with zero attached hydrogens (tertiary/aromatic N) is 1. The van der Waals surface area contributed by atoms with Crippen LogP contribution in [0.1, 0.15) is 52.4 Å². The van der Waals surface area contributed by atoms with Crippen LogP contribution in [0.2, 0.25) is 0 Å². The molecule has 0 aromatic rings. The zero-order valence-corrected chi connectivity index (χ0v) is 10.3. The van der Waals surface area contributed by atoms with E-state index in [0.717, 1.165) is 18.5 Å². The van der Waals surface area contributed by atoms with E-state index in [1.807, 2.05) is 0 Å². The molecule has 2 heteroatoms.